The fraction of sp³-hybridized carbons (Fsp3) is 0.519. The summed E-state index contributed by atoms with van der Waals surface area (Å²) in [6.07, 6.45) is 14.5. The summed E-state index contributed by atoms with van der Waals surface area (Å²) in [5, 5.41) is 8.96. The Balaban J connectivity index is 1.43. The number of nitrogens with zero attached hydrogens (tertiary/aromatic N) is 1. The number of aryl methyl sites for hydroxylation is 1. The molecule has 0 N–H and O–H groups in total. The zero-order valence-corrected chi connectivity index (χ0v) is 17.5. The van der Waals surface area contributed by atoms with Crippen LogP contribution in [0.4, 0.5) is 0 Å². The van der Waals surface area contributed by atoms with Crippen LogP contribution in [0, 0.1) is 11.3 Å². The van der Waals surface area contributed by atoms with Gasteiger partial charge in [0.1, 0.15) is 0 Å². The van der Waals surface area contributed by atoms with E-state index in [0.29, 0.717) is 5.92 Å². The van der Waals surface area contributed by atoms with Gasteiger partial charge in [-0.15, -0.1) is 0 Å². The molecular weight excluding hydrogens is 338 g/mol. The van der Waals surface area contributed by atoms with Gasteiger partial charge in [-0.1, -0.05) is 75.4 Å². The summed E-state index contributed by atoms with van der Waals surface area (Å²) in [6, 6.07) is 20.0. The van der Waals surface area contributed by atoms with Crippen LogP contribution in [0.25, 0.3) is 0 Å². The molecule has 2 aromatic rings. The van der Waals surface area contributed by atoms with Crippen LogP contribution in [0.5, 0.6) is 0 Å². The Kier molecular flexibility index (Phi) is 8.16. The molecule has 148 valence electrons. The van der Waals surface area contributed by atoms with E-state index in [0.717, 1.165) is 11.5 Å². The van der Waals surface area contributed by atoms with E-state index in [4.69, 9.17) is 5.26 Å². The Morgan fingerprint density at radius 3 is 1.75 bits per heavy atom. The molecule has 0 amide bonds. The summed E-state index contributed by atoms with van der Waals surface area (Å²) < 4.78 is 0. The Bertz CT molecular complexity index is 727. The van der Waals surface area contributed by atoms with Gasteiger partial charge < -0.3 is 0 Å². The number of hydrogen-bond donors (Lipinski definition) is 0. The molecule has 0 spiro atoms. The normalized spacial score (nSPS) is 19.3. The number of rotatable bonds is 9. The van der Waals surface area contributed by atoms with Gasteiger partial charge >= 0.3 is 0 Å². The van der Waals surface area contributed by atoms with E-state index in [1.807, 2.05) is 12.1 Å². The fourth-order valence-electron chi connectivity index (χ4n) is 4.66. The summed E-state index contributed by atoms with van der Waals surface area (Å²) in [7, 11) is 0. The van der Waals surface area contributed by atoms with Crippen LogP contribution in [-0.2, 0) is 6.42 Å². The molecular formula is C27H35N. The Labute approximate surface area is 171 Å². The second-order valence-corrected chi connectivity index (χ2v) is 8.54. The van der Waals surface area contributed by atoms with Crippen molar-refractivity contribution in [2.24, 2.45) is 0 Å². The molecule has 0 atom stereocenters. The molecule has 0 radical (unpaired) electrons. The smallest absolute Gasteiger partial charge is 0.0991 e. The van der Waals surface area contributed by atoms with Crippen molar-refractivity contribution in [3.63, 3.8) is 0 Å². The van der Waals surface area contributed by atoms with Crippen LogP contribution < -0.4 is 0 Å². The minimum atomic E-state index is 0.663. The SMILES string of the molecule is CCCCCCCCc1ccc(C2CCC(c3ccc(C#N)cc3)CC2)cc1. The number of benzene rings is 2. The first-order chi connectivity index (χ1) is 13.8. The van der Waals surface area contributed by atoms with Crippen molar-refractivity contribution in [1.82, 2.24) is 0 Å². The summed E-state index contributed by atoms with van der Waals surface area (Å²) in [5.74, 6) is 1.38. The lowest BCUT2D eigenvalue weighted by Crippen LogP contribution is -2.12. The average molecular weight is 374 g/mol. The highest BCUT2D eigenvalue weighted by Crippen LogP contribution is 2.40. The van der Waals surface area contributed by atoms with E-state index in [9.17, 15) is 0 Å². The fourth-order valence-corrected chi connectivity index (χ4v) is 4.66. The molecule has 0 aromatic heterocycles. The zero-order valence-electron chi connectivity index (χ0n) is 17.5. The Hall–Kier alpha value is -2.07. The summed E-state index contributed by atoms with van der Waals surface area (Å²) in [5.41, 5.74) is 5.21. The first-order valence-electron chi connectivity index (χ1n) is 11.4. The maximum atomic E-state index is 8.96. The average Bonchev–Trinajstić information content (AvgIpc) is 2.77. The zero-order chi connectivity index (χ0) is 19.6. The molecule has 1 nitrogen and oxygen atoms in total. The van der Waals surface area contributed by atoms with Crippen LogP contribution in [0.3, 0.4) is 0 Å². The van der Waals surface area contributed by atoms with Crippen molar-refractivity contribution >= 4 is 0 Å². The van der Waals surface area contributed by atoms with Crippen molar-refractivity contribution < 1.29 is 0 Å². The predicted octanol–water partition coefficient (Wildman–Crippen LogP) is 7.90. The maximum Gasteiger partial charge on any atom is 0.0991 e. The molecule has 0 saturated heterocycles. The topological polar surface area (TPSA) is 23.8 Å². The third-order valence-electron chi connectivity index (χ3n) is 6.51. The van der Waals surface area contributed by atoms with Gasteiger partial charge in [-0.05, 0) is 79.2 Å². The number of nitriles is 1. The van der Waals surface area contributed by atoms with Gasteiger partial charge in [0.05, 0.1) is 11.6 Å². The van der Waals surface area contributed by atoms with Crippen molar-refractivity contribution in [3.05, 3.63) is 70.8 Å². The molecule has 1 heteroatoms. The molecule has 1 aliphatic carbocycles. The number of unbranched alkanes of at least 4 members (excludes halogenated alkanes) is 5. The van der Waals surface area contributed by atoms with Crippen LogP contribution in [0.15, 0.2) is 48.5 Å². The number of hydrogen-bond acceptors (Lipinski definition) is 1. The summed E-state index contributed by atoms with van der Waals surface area (Å²) in [4.78, 5) is 0. The van der Waals surface area contributed by atoms with Crippen molar-refractivity contribution in [2.45, 2.75) is 89.4 Å². The van der Waals surface area contributed by atoms with E-state index in [-0.39, 0.29) is 0 Å². The van der Waals surface area contributed by atoms with Crippen LogP contribution in [0.1, 0.15) is 105 Å². The summed E-state index contributed by atoms with van der Waals surface area (Å²) >= 11 is 0. The second kappa shape index (κ2) is 11.1. The predicted molar refractivity (Wildman–Crippen MR) is 119 cm³/mol. The van der Waals surface area contributed by atoms with Crippen molar-refractivity contribution in [2.75, 3.05) is 0 Å². The van der Waals surface area contributed by atoms with Crippen LogP contribution >= 0.6 is 0 Å². The van der Waals surface area contributed by atoms with Crippen LogP contribution in [-0.4, -0.2) is 0 Å². The third kappa shape index (κ3) is 5.96. The molecule has 2 aromatic carbocycles. The molecule has 3 rings (SSSR count). The third-order valence-corrected chi connectivity index (χ3v) is 6.51. The largest absolute Gasteiger partial charge is 0.192 e. The van der Waals surface area contributed by atoms with E-state index in [1.165, 1.54) is 87.3 Å². The minimum Gasteiger partial charge on any atom is -0.192 e. The molecule has 0 bridgehead atoms. The van der Waals surface area contributed by atoms with Crippen LogP contribution in [0.2, 0.25) is 0 Å². The molecule has 0 unspecified atom stereocenters. The highest BCUT2D eigenvalue weighted by atomic mass is 14.3. The monoisotopic (exact) mass is 373 g/mol. The Morgan fingerprint density at radius 2 is 1.21 bits per heavy atom. The molecule has 0 aliphatic heterocycles. The lowest BCUT2D eigenvalue weighted by Gasteiger charge is -2.29. The van der Waals surface area contributed by atoms with Gasteiger partial charge in [0.15, 0.2) is 0 Å². The standard InChI is InChI=1S/C27H35N/c1-2-3-4-5-6-7-8-22-9-13-24(14-10-22)26-17-19-27(20-18-26)25-15-11-23(21-28)12-16-25/h9-16,26-27H,2-8,17-20H2,1H3. The highest BCUT2D eigenvalue weighted by molar-refractivity contribution is 5.33. The van der Waals surface area contributed by atoms with E-state index >= 15 is 0 Å². The Morgan fingerprint density at radius 1 is 0.714 bits per heavy atom. The van der Waals surface area contributed by atoms with Gasteiger partial charge in [0.2, 0.25) is 0 Å². The quantitative estimate of drug-likeness (QED) is 0.410. The van der Waals surface area contributed by atoms with Gasteiger partial charge in [0.25, 0.3) is 0 Å². The lowest BCUT2D eigenvalue weighted by molar-refractivity contribution is 0.396. The van der Waals surface area contributed by atoms with E-state index < -0.39 is 0 Å². The summed E-state index contributed by atoms with van der Waals surface area (Å²) in [6.45, 7) is 2.28. The lowest BCUT2D eigenvalue weighted by atomic mass is 9.76. The van der Waals surface area contributed by atoms with Gasteiger partial charge in [0, 0.05) is 0 Å². The van der Waals surface area contributed by atoms with E-state index in [1.54, 1.807) is 0 Å². The first kappa shape index (κ1) is 20.7. The van der Waals surface area contributed by atoms with Gasteiger partial charge in [-0.25, -0.2) is 0 Å². The van der Waals surface area contributed by atoms with E-state index in [2.05, 4.69) is 49.4 Å². The molecule has 28 heavy (non-hydrogen) atoms. The maximum absolute atomic E-state index is 8.96. The molecule has 1 aliphatic rings. The first-order valence-corrected chi connectivity index (χ1v) is 11.4. The van der Waals surface area contributed by atoms with Gasteiger partial charge in [-0.2, -0.15) is 5.26 Å². The van der Waals surface area contributed by atoms with Crippen molar-refractivity contribution in [3.8, 4) is 6.07 Å². The molecule has 1 saturated carbocycles. The second-order valence-electron chi connectivity index (χ2n) is 8.54. The van der Waals surface area contributed by atoms with Crippen molar-refractivity contribution in [1.29, 1.82) is 5.26 Å². The molecule has 1 fully saturated rings. The molecule has 0 heterocycles. The van der Waals surface area contributed by atoms with Gasteiger partial charge in [-0.3, -0.25) is 0 Å². The minimum absolute atomic E-state index is 0.663. The highest BCUT2D eigenvalue weighted by Gasteiger charge is 2.23.